The van der Waals surface area contributed by atoms with E-state index in [4.69, 9.17) is 4.74 Å². The molecule has 28 heavy (non-hydrogen) atoms. The van der Waals surface area contributed by atoms with Gasteiger partial charge in [0.1, 0.15) is 10.6 Å². The number of amides is 2. The largest absolute Gasteiger partial charge is 0.444 e. The Kier molecular flexibility index (Phi) is 6.72. The number of thiophene rings is 1. The number of hydrogen-bond acceptors (Lipinski definition) is 6. The molecule has 0 aromatic carbocycles. The minimum absolute atomic E-state index is 0.00386. The van der Waals surface area contributed by atoms with Crippen molar-refractivity contribution in [3.63, 3.8) is 0 Å². The van der Waals surface area contributed by atoms with E-state index in [0.717, 1.165) is 41.4 Å². The number of nitrogens with zero attached hydrogens (tertiary/aromatic N) is 2. The van der Waals surface area contributed by atoms with Crippen molar-refractivity contribution in [3.05, 3.63) is 28.6 Å². The number of piperidine rings is 1. The molecule has 2 aromatic rings. The summed E-state index contributed by atoms with van der Waals surface area (Å²) in [4.78, 5) is 32.5. The van der Waals surface area contributed by atoms with Gasteiger partial charge in [-0.1, -0.05) is 6.07 Å². The highest BCUT2D eigenvalue weighted by atomic mass is 32.1. The Morgan fingerprint density at radius 2 is 2.14 bits per heavy atom. The number of hydrogen-bond donors (Lipinski definition) is 1. The van der Waals surface area contributed by atoms with Crippen molar-refractivity contribution in [2.75, 3.05) is 13.1 Å². The standard InChI is InChI=1S/C20H27N3O3S2/c1-20(2,3)26-19(25)21-12-15-7-4-5-9-23(15)17(24)11-14-13-28-18(22-14)16-8-6-10-27-16/h6,8,10,13,15H,4-5,7,9,11-12H2,1-3H3,(H,21,25)/t15-/m1/s1. The van der Waals surface area contributed by atoms with Gasteiger partial charge in [0, 0.05) is 24.5 Å². The average Bonchev–Trinajstić information content (AvgIpc) is 3.30. The molecule has 1 aliphatic heterocycles. The molecule has 8 heteroatoms. The number of alkyl carbamates (subject to hydrolysis) is 1. The van der Waals surface area contributed by atoms with E-state index in [1.165, 1.54) is 0 Å². The normalized spacial score (nSPS) is 17.4. The number of carbonyl (C=O) groups excluding carboxylic acids is 2. The summed E-state index contributed by atoms with van der Waals surface area (Å²) in [6, 6.07) is 4.05. The van der Waals surface area contributed by atoms with Crippen molar-refractivity contribution in [1.29, 1.82) is 0 Å². The lowest BCUT2D eigenvalue weighted by Gasteiger charge is -2.36. The Morgan fingerprint density at radius 3 is 2.86 bits per heavy atom. The first-order valence-electron chi connectivity index (χ1n) is 9.56. The molecule has 6 nitrogen and oxygen atoms in total. The van der Waals surface area contributed by atoms with Gasteiger partial charge < -0.3 is 15.0 Å². The molecule has 152 valence electrons. The smallest absolute Gasteiger partial charge is 0.407 e. The molecule has 2 amide bonds. The zero-order chi connectivity index (χ0) is 20.1. The number of aromatic nitrogens is 1. The lowest BCUT2D eigenvalue weighted by molar-refractivity contribution is -0.134. The van der Waals surface area contributed by atoms with Crippen LogP contribution in [0.4, 0.5) is 4.79 Å². The highest BCUT2D eigenvalue weighted by molar-refractivity contribution is 7.20. The highest BCUT2D eigenvalue weighted by Crippen LogP contribution is 2.28. The van der Waals surface area contributed by atoms with E-state index in [-0.39, 0.29) is 11.9 Å². The van der Waals surface area contributed by atoms with Crippen molar-refractivity contribution < 1.29 is 14.3 Å². The van der Waals surface area contributed by atoms with Crippen LogP contribution in [0.1, 0.15) is 45.7 Å². The van der Waals surface area contributed by atoms with Gasteiger partial charge in [-0.2, -0.15) is 0 Å². The van der Waals surface area contributed by atoms with E-state index in [1.54, 1.807) is 22.7 Å². The van der Waals surface area contributed by atoms with Crippen molar-refractivity contribution in [2.45, 2.75) is 58.1 Å². The van der Waals surface area contributed by atoms with Crippen LogP contribution in [0.15, 0.2) is 22.9 Å². The monoisotopic (exact) mass is 421 g/mol. The number of ether oxygens (including phenoxy) is 1. The zero-order valence-electron chi connectivity index (χ0n) is 16.6. The Labute approximate surface area is 173 Å². The van der Waals surface area contributed by atoms with E-state index in [9.17, 15) is 9.59 Å². The molecule has 3 rings (SSSR count). The number of carbonyl (C=O) groups is 2. The molecule has 2 aromatic heterocycles. The van der Waals surface area contributed by atoms with Gasteiger partial charge >= 0.3 is 6.09 Å². The molecular formula is C20H27N3O3S2. The number of likely N-dealkylation sites (tertiary alicyclic amines) is 1. The Bertz CT molecular complexity index is 796. The highest BCUT2D eigenvalue weighted by Gasteiger charge is 2.28. The third kappa shape index (κ3) is 5.78. The first-order valence-corrected chi connectivity index (χ1v) is 11.3. The average molecular weight is 422 g/mol. The third-order valence-electron chi connectivity index (χ3n) is 4.44. The second kappa shape index (κ2) is 9.05. The van der Waals surface area contributed by atoms with Crippen molar-refractivity contribution in [2.24, 2.45) is 0 Å². The Balaban J connectivity index is 1.57. The van der Waals surface area contributed by atoms with Crippen LogP contribution in [0.3, 0.4) is 0 Å². The fourth-order valence-electron chi connectivity index (χ4n) is 3.21. The number of nitrogens with one attached hydrogen (secondary N) is 1. The van der Waals surface area contributed by atoms with Crippen LogP contribution >= 0.6 is 22.7 Å². The minimum atomic E-state index is -0.531. The van der Waals surface area contributed by atoms with Crippen LogP contribution in [0.2, 0.25) is 0 Å². The van der Waals surface area contributed by atoms with Crippen molar-refractivity contribution >= 4 is 34.7 Å². The molecule has 0 bridgehead atoms. The first kappa shape index (κ1) is 20.8. The first-order chi connectivity index (χ1) is 13.3. The van der Waals surface area contributed by atoms with Crippen LogP contribution < -0.4 is 5.32 Å². The molecule has 0 aliphatic carbocycles. The molecule has 1 aliphatic rings. The van der Waals surface area contributed by atoms with Gasteiger partial charge in [0.15, 0.2) is 0 Å². The summed E-state index contributed by atoms with van der Waals surface area (Å²) in [6.07, 6.45) is 2.80. The molecule has 0 spiro atoms. The third-order valence-corrected chi connectivity index (χ3v) is 6.37. The van der Waals surface area contributed by atoms with E-state index in [1.807, 2.05) is 48.6 Å². The van der Waals surface area contributed by atoms with Gasteiger partial charge in [0.2, 0.25) is 5.91 Å². The van der Waals surface area contributed by atoms with Gasteiger partial charge in [0.25, 0.3) is 0 Å². The van der Waals surface area contributed by atoms with Crippen LogP contribution in [0.5, 0.6) is 0 Å². The second-order valence-electron chi connectivity index (χ2n) is 7.92. The van der Waals surface area contributed by atoms with Gasteiger partial charge in [0.05, 0.1) is 17.0 Å². The predicted octanol–water partition coefficient (Wildman–Crippen LogP) is 4.32. The van der Waals surface area contributed by atoms with Crippen LogP contribution in [0, 0.1) is 0 Å². The molecule has 3 heterocycles. The lowest BCUT2D eigenvalue weighted by atomic mass is 10.0. The maximum absolute atomic E-state index is 12.9. The quantitative estimate of drug-likeness (QED) is 0.780. The molecule has 1 saturated heterocycles. The van der Waals surface area contributed by atoms with E-state index in [2.05, 4.69) is 10.3 Å². The predicted molar refractivity (Wildman–Crippen MR) is 113 cm³/mol. The van der Waals surface area contributed by atoms with Gasteiger partial charge in [-0.3, -0.25) is 4.79 Å². The maximum Gasteiger partial charge on any atom is 0.407 e. The van der Waals surface area contributed by atoms with Crippen LogP contribution in [0.25, 0.3) is 9.88 Å². The molecule has 1 N–H and O–H groups in total. The summed E-state index contributed by atoms with van der Waals surface area (Å²) < 4.78 is 5.30. The second-order valence-corrected chi connectivity index (χ2v) is 9.72. The SMILES string of the molecule is CC(C)(C)OC(=O)NC[C@H]1CCCCN1C(=O)Cc1csc(-c2cccs2)n1. The van der Waals surface area contributed by atoms with Crippen molar-refractivity contribution in [1.82, 2.24) is 15.2 Å². The zero-order valence-corrected chi connectivity index (χ0v) is 18.2. The van der Waals surface area contributed by atoms with Gasteiger partial charge in [-0.25, -0.2) is 9.78 Å². The molecular weight excluding hydrogens is 394 g/mol. The summed E-state index contributed by atoms with van der Waals surface area (Å²) in [5.41, 5.74) is 0.277. The minimum Gasteiger partial charge on any atom is -0.444 e. The number of rotatable bonds is 5. The topological polar surface area (TPSA) is 71.5 Å². The summed E-state index contributed by atoms with van der Waals surface area (Å²) in [7, 11) is 0. The Morgan fingerprint density at radius 1 is 1.32 bits per heavy atom. The van der Waals surface area contributed by atoms with E-state index in [0.29, 0.717) is 13.0 Å². The maximum atomic E-state index is 12.9. The summed E-state index contributed by atoms with van der Waals surface area (Å²) in [5, 5.41) is 7.76. The van der Waals surface area contributed by atoms with E-state index >= 15 is 0 Å². The molecule has 0 radical (unpaired) electrons. The van der Waals surface area contributed by atoms with Gasteiger partial charge in [-0.15, -0.1) is 22.7 Å². The Hall–Kier alpha value is -1.93. The summed E-state index contributed by atoms with van der Waals surface area (Å²) >= 11 is 3.22. The van der Waals surface area contributed by atoms with E-state index < -0.39 is 11.7 Å². The molecule has 0 unspecified atom stereocenters. The van der Waals surface area contributed by atoms with Crippen LogP contribution in [-0.2, 0) is 16.0 Å². The van der Waals surface area contributed by atoms with Crippen molar-refractivity contribution in [3.8, 4) is 9.88 Å². The fraction of sp³-hybridized carbons (Fsp3) is 0.550. The van der Waals surface area contributed by atoms with Gasteiger partial charge in [-0.05, 0) is 51.5 Å². The molecule has 0 saturated carbocycles. The lowest BCUT2D eigenvalue weighted by Crippen LogP contribution is -2.50. The summed E-state index contributed by atoms with van der Waals surface area (Å²) in [5.74, 6) is 0.0683. The van der Waals surface area contributed by atoms with Crippen LogP contribution in [-0.4, -0.2) is 46.6 Å². The molecule has 1 fully saturated rings. The fourth-order valence-corrected chi connectivity index (χ4v) is 4.85. The summed E-state index contributed by atoms with van der Waals surface area (Å²) in [6.45, 7) is 6.64. The molecule has 1 atom stereocenters. The number of thiazole rings is 1.